The molecule has 1 unspecified atom stereocenters. The zero-order chi connectivity index (χ0) is 10.7. The molecule has 0 saturated heterocycles. The number of benzene rings is 1. The van der Waals surface area contributed by atoms with Gasteiger partial charge < -0.3 is 5.11 Å². The molecule has 78 valence electrons. The Kier molecular flexibility index (Phi) is 3.03. The predicted molar refractivity (Wildman–Crippen MR) is 58.1 cm³/mol. The normalized spacial score (nSPS) is 17.1. The summed E-state index contributed by atoms with van der Waals surface area (Å²) in [6, 6.07) is 9.34. The summed E-state index contributed by atoms with van der Waals surface area (Å²) in [5.74, 6) is 0.846. The third-order valence-corrected chi connectivity index (χ3v) is 2.95. The molecule has 0 spiro atoms. The quantitative estimate of drug-likeness (QED) is 0.814. The molecule has 0 heterocycles. The molecule has 0 bridgehead atoms. The summed E-state index contributed by atoms with van der Waals surface area (Å²) in [6.45, 7) is 0. The van der Waals surface area contributed by atoms with Crippen LogP contribution < -0.4 is 0 Å². The Morgan fingerprint density at radius 1 is 1.47 bits per heavy atom. The highest BCUT2D eigenvalue weighted by Gasteiger charge is 2.22. The predicted octanol–water partition coefficient (Wildman–Crippen LogP) is 2.78. The van der Waals surface area contributed by atoms with Gasteiger partial charge in [0.05, 0.1) is 17.7 Å². The van der Waals surface area contributed by atoms with Gasteiger partial charge in [-0.1, -0.05) is 25.0 Å². The fourth-order valence-electron chi connectivity index (χ4n) is 1.78. The van der Waals surface area contributed by atoms with E-state index in [0.29, 0.717) is 5.56 Å². The topological polar surface area (TPSA) is 44.0 Å². The summed E-state index contributed by atoms with van der Waals surface area (Å²) in [4.78, 5) is 0. The molecular formula is C13H15NO. The average Bonchev–Trinajstić information content (AvgIpc) is 3.10. The van der Waals surface area contributed by atoms with Crippen LogP contribution in [0.25, 0.3) is 0 Å². The van der Waals surface area contributed by atoms with E-state index in [-0.39, 0.29) is 0 Å². The highest BCUT2D eigenvalue weighted by Crippen LogP contribution is 2.35. The lowest BCUT2D eigenvalue weighted by Crippen LogP contribution is -1.98. The summed E-state index contributed by atoms with van der Waals surface area (Å²) >= 11 is 0. The van der Waals surface area contributed by atoms with E-state index in [0.717, 1.165) is 24.3 Å². The minimum Gasteiger partial charge on any atom is -0.388 e. The summed E-state index contributed by atoms with van der Waals surface area (Å²) in [5.41, 5.74) is 1.49. The molecule has 1 N–H and O–H groups in total. The van der Waals surface area contributed by atoms with Gasteiger partial charge in [-0.2, -0.15) is 5.26 Å². The maximum atomic E-state index is 9.91. The number of hydrogen-bond donors (Lipinski definition) is 1. The van der Waals surface area contributed by atoms with Crippen LogP contribution in [0.15, 0.2) is 24.3 Å². The molecule has 1 aliphatic rings. The van der Waals surface area contributed by atoms with Gasteiger partial charge in [0.15, 0.2) is 0 Å². The van der Waals surface area contributed by atoms with Crippen molar-refractivity contribution in [3.63, 3.8) is 0 Å². The maximum Gasteiger partial charge on any atom is 0.0991 e. The van der Waals surface area contributed by atoms with Crippen LogP contribution in [-0.4, -0.2) is 5.11 Å². The number of aliphatic hydroxyl groups is 1. The van der Waals surface area contributed by atoms with Crippen LogP contribution in [0.4, 0.5) is 0 Å². The first kappa shape index (κ1) is 10.2. The lowest BCUT2D eigenvalue weighted by Gasteiger charge is -2.10. The summed E-state index contributed by atoms with van der Waals surface area (Å²) in [7, 11) is 0. The fourth-order valence-corrected chi connectivity index (χ4v) is 1.78. The molecule has 0 radical (unpaired) electrons. The van der Waals surface area contributed by atoms with Gasteiger partial charge in [-0.25, -0.2) is 0 Å². The van der Waals surface area contributed by atoms with Crippen LogP contribution in [-0.2, 0) is 0 Å². The molecule has 1 aliphatic carbocycles. The molecule has 1 aromatic rings. The molecule has 1 atom stereocenters. The zero-order valence-corrected chi connectivity index (χ0v) is 8.69. The van der Waals surface area contributed by atoms with Crippen molar-refractivity contribution in [1.29, 1.82) is 5.26 Å². The number of nitriles is 1. The second kappa shape index (κ2) is 4.46. The number of aliphatic hydroxyl groups excluding tert-OH is 1. The van der Waals surface area contributed by atoms with Gasteiger partial charge in [-0.3, -0.25) is 0 Å². The van der Waals surface area contributed by atoms with Gasteiger partial charge in [-0.05, 0) is 36.5 Å². The summed E-state index contributed by atoms with van der Waals surface area (Å²) in [5, 5.41) is 18.6. The first-order chi connectivity index (χ1) is 7.29. The van der Waals surface area contributed by atoms with Gasteiger partial charge in [0.1, 0.15) is 0 Å². The lowest BCUT2D eigenvalue weighted by molar-refractivity contribution is 0.162. The molecule has 15 heavy (non-hydrogen) atoms. The first-order valence-corrected chi connectivity index (χ1v) is 5.47. The van der Waals surface area contributed by atoms with Gasteiger partial charge in [0, 0.05) is 0 Å². The Hall–Kier alpha value is -1.33. The molecule has 2 rings (SSSR count). The highest BCUT2D eigenvalue weighted by atomic mass is 16.3. The van der Waals surface area contributed by atoms with Crippen molar-refractivity contribution in [2.45, 2.75) is 31.8 Å². The Morgan fingerprint density at radius 2 is 2.27 bits per heavy atom. The van der Waals surface area contributed by atoms with Crippen molar-refractivity contribution in [1.82, 2.24) is 0 Å². The minimum absolute atomic E-state index is 0.404. The monoisotopic (exact) mass is 201 g/mol. The van der Waals surface area contributed by atoms with Crippen molar-refractivity contribution in [3.8, 4) is 6.07 Å². The smallest absolute Gasteiger partial charge is 0.0991 e. The SMILES string of the molecule is N#Cc1cccc(C(O)CCC2CC2)c1. The molecule has 1 aromatic carbocycles. The van der Waals surface area contributed by atoms with E-state index in [4.69, 9.17) is 5.26 Å². The third kappa shape index (κ3) is 2.81. The molecule has 2 heteroatoms. The number of rotatable bonds is 4. The molecular weight excluding hydrogens is 186 g/mol. The van der Waals surface area contributed by atoms with Crippen molar-refractivity contribution in [2.75, 3.05) is 0 Å². The van der Waals surface area contributed by atoms with Crippen molar-refractivity contribution in [2.24, 2.45) is 5.92 Å². The number of hydrogen-bond acceptors (Lipinski definition) is 2. The van der Waals surface area contributed by atoms with Gasteiger partial charge in [0.2, 0.25) is 0 Å². The van der Waals surface area contributed by atoms with Crippen molar-refractivity contribution < 1.29 is 5.11 Å². The Bertz CT molecular complexity index is 376. The van der Waals surface area contributed by atoms with E-state index in [1.165, 1.54) is 12.8 Å². The van der Waals surface area contributed by atoms with E-state index >= 15 is 0 Å². The van der Waals surface area contributed by atoms with Crippen LogP contribution in [0.1, 0.15) is 42.9 Å². The molecule has 1 fully saturated rings. The average molecular weight is 201 g/mol. The minimum atomic E-state index is -0.404. The van der Waals surface area contributed by atoms with E-state index in [9.17, 15) is 5.11 Å². The molecule has 0 amide bonds. The van der Waals surface area contributed by atoms with Gasteiger partial charge in [-0.15, -0.1) is 0 Å². The lowest BCUT2D eigenvalue weighted by atomic mass is 10.0. The second-order valence-electron chi connectivity index (χ2n) is 4.27. The molecule has 2 nitrogen and oxygen atoms in total. The standard InChI is InChI=1S/C13H15NO/c14-9-11-2-1-3-12(8-11)13(15)7-6-10-4-5-10/h1-3,8,10,13,15H,4-7H2. The maximum absolute atomic E-state index is 9.91. The van der Waals surface area contributed by atoms with Crippen LogP contribution in [0, 0.1) is 17.2 Å². The van der Waals surface area contributed by atoms with Crippen LogP contribution in [0.2, 0.25) is 0 Å². The fraction of sp³-hybridized carbons (Fsp3) is 0.462. The van der Waals surface area contributed by atoms with Crippen molar-refractivity contribution >= 4 is 0 Å². The number of nitrogens with zero attached hydrogens (tertiary/aromatic N) is 1. The van der Waals surface area contributed by atoms with Crippen molar-refractivity contribution in [3.05, 3.63) is 35.4 Å². The van der Waals surface area contributed by atoms with Crippen LogP contribution >= 0.6 is 0 Å². The molecule has 1 saturated carbocycles. The third-order valence-electron chi connectivity index (χ3n) is 2.95. The Balaban J connectivity index is 1.97. The summed E-state index contributed by atoms with van der Waals surface area (Å²) in [6.07, 6.45) is 4.17. The van der Waals surface area contributed by atoms with E-state index in [1.54, 1.807) is 12.1 Å². The van der Waals surface area contributed by atoms with Gasteiger partial charge >= 0.3 is 0 Å². The second-order valence-corrected chi connectivity index (χ2v) is 4.27. The van der Waals surface area contributed by atoms with Gasteiger partial charge in [0.25, 0.3) is 0 Å². The molecule has 0 aliphatic heterocycles. The Morgan fingerprint density at radius 3 is 2.93 bits per heavy atom. The first-order valence-electron chi connectivity index (χ1n) is 5.47. The Labute approximate surface area is 90.2 Å². The zero-order valence-electron chi connectivity index (χ0n) is 8.69. The van der Waals surface area contributed by atoms with E-state index in [1.807, 2.05) is 12.1 Å². The molecule has 0 aromatic heterocycles. The van der Waals surface area contributed by atoms with E-state index < -0.39 is 6.10 Å². The van der Waals surface area contributed by atoms with E-state index in [2.05, 4.69) is 6.07 Å². The summed E-state index contributed by atoms with van der Waals surface area (Å²) < 4.78 is 0. The largest absolute Gasteiger partial charge is 0.388 e. The van der Waals surface area contributed by atoms with Crippen LogP contribution in [0.3, 0.4) is 0 Å². The van der Waals surface area contributed by atoms with Crippen LogP contribution in [0.5, 0.6) is 0 Å². The highest BCUT2D eigenvalue weighted by molar-refractivity contribution is 5.33.